The van der Waals surface area contributed by atoms with E-state index < -0.39 is 0 Å². The second-order valence-electron chi connectivity index (χ2n) is 8.10. The van der Waals surface area contributed by atoms with Gasteiger partial charge in [-0.3, -0.25) is 9.48 Å². The minimum atomic E-state index is 0.0477. The van der Waals surface area contributed by atoms with Gasteiger partial charge in [-0.05, 0) is 56.2 Å². The molecule has 0 unspecified atom stereocenters. The molecule has 1 aromatic heterocycles. The van der Waals surface area contributed by atoms with E-state index in [0.717, 1.165) is 25.2 Å². The van der Waals surface area contributed by atoms with Gasteiger partial charge in [0.15, 0.2) is 0 Å². The molecule has 0 aliphatic carbocycles. The van der Waals surface area contributed by atoms with Gasteiger partial charge >= 0.3 is 0 Å². The lowest BCUT2D eigenvalue weighted by molar-refractivity contribution is 0.0456. The van der Waals surface area contributed by atoms with Crippen molar-refractivity contribution in [1.82, 2.24) is 19.6 Å². The van der Waals surface area contributed by atoms with Crippen molar-refractivity contribution in [3.8, 4) is 0 Å². The Morgan fingerprint density at radius 2 is 1.96 bits per heavy atom. The molecule has 0 bridgehead atoms. The normalized spacial score (nSPS) is 25.1. The molecular weight excluding hydrogens is 316 g/mol. The zero-order chi connectivity index (χ0) is 18.0. The van der Waals surface area contributed by atoms with Crippen molar-refractivity contribution in [1.29, 1.82) is 0 Å². The molecule has 1 amide bonds. The van der Waals surface area contributed by atoms with Crippen LogP contribution in [0.15, 0.2) is 6.07 Å². The van der Waals surface area contributed by atoms with Crippen molar-refractivity contribution in [2.45, 2.75) is 39.0 Å². The van der Waals surface area contributed by atoms with Gasteiger partial charge in [0.05, 0.1) is 5.69 Å². The molecular formula is C19H32N4O2. The van der Waals surface area contributed by atoms with Crippen LogP contribution in [0.25, 0.3) is 0 Å². The number of hydrogen-bond donors (Lipinski definition) is 1. The van der Waals surface area contributed by atoms with Crippen molar-refractivity contribution < 1.29 is 9.90 Å². The van der Waals surface area contributed by atoms with Crippen molar-refractivity contribution in [3.05, 3.63) is 17.5 Å². The Labute approximate surface area is 150 Å². The zero-order valence-electron chi connectivity index (χ0n) is 15.8. The number of rotatable bonds is 5. The van der Waals surface area contributed by atoms with Crippen LogP contribution < -0.4 is 0 Å². The molecule has 6 nitrogen and oxygen atoms in total. The maximum atomic E-state index is 13.1. The van der Waals surface area contributed by atoms with E-state index in [2.05, 4.69) is 23.8 Å². The second kappa shape index (κ2) is 7.87. The number of aromatic nitrogens is 2. The highest BCUT2D eigenvalue weighted by Gasteiger charge is 2.32. The highest BCUT2D eigenvalue weighted by Crippen LogP contribution is 2.26. The molecule has 0 saturated carbocycles. The fourth-order valence-electron chi connectivity index (χ4n) is 4.21. The molecule has 2 aliphatic heterocycles. The van der Waals surface area contributed by atoms with Crippen LogP contribution in [0, 0.1) is 11.8 Å². The Morgan fingerprint density at radius 1 is 1.28 bits per heavy atom. The summed E-state index contributed by atoms with van der Waals surface area (Å²) in [6.07, 6.45) is 3.58. The van der Waals surface area contributed by atoms with Gasteiger partial charge in [-0.2, -0.15) is 5.10 Å². The number of likely N-dealkylation sites (tertiary alicyclic amines) is 2. The number of nitrogens with zero attached hydrogens (tertiary/aromatic N) is 4. The third-order valence-electron chi connectivity index (χ3n) is 5.59. The number of aliphatic hydroxyl groups is 1. The molecule has 140 valence electrons. The predicted molar refractivity (Wildman–Crippen MR) is 97.6 cm³/mol. The number of aliphatic hydroxyl groups excluding tert-OH is 1. The van der Waals surface area contributed by atoms with E-state index in [4.69, 9.17) is 0 Å². The molecule has 1 N–H and O–H groups in total. The lowest BCUT2D eigenvalue weighted by Gasteiger charge is -2.38. The summed E-state index contributed by atoms with van der Waals surface area (Å²) in [5, 5.41) is 14.2. The van der Waals surface area contributed by atoms with Gasteiger partial charge in [0, 0.05) is 33.3 Å². The topological polar surface area (TPSA) is 61.6 Å². The van der Waals surface area contributed by atoms with Gasteiger partial charge in [-0.1, -0.05) is 13.8 Å². The summed E-state index contributed by atoms with van der Waals surface area (Å²) in [6, 6.07) is 1.92. The minimum Gasteiger partial charge on any atom is -0.396 e. The number of piperidine rings is 1. The number of aryl methyl sites for hydroxylation is 1. The largest absolute Gasteiger partial charge is 0.396 e. The first-order chi connectivity index (χ1) is 12.0. The van der Waals surface area contributed by atoms with Crippen LogP contribution >= 0.6 is 0 Å². The van der Waals surface area contributed by atoms with Crippen molar-refractivity contribution >= 4 is 5.91 Å². The summed E-state index contributed by atoms with van der Waals surface area (Å²) in [4.78, 5) is 17.5. The molecule has 3 rings (SSSR count). The van der Waals surface area contributed by atoms with Crippen molar-refractivity contribution in [3.63, 3.8) is 0 Å². The molecule has 3 heterocycles. The summed E-state index contributed by atoms with van der Waals surface area (Å²) >= 11 is 0. The molecule has 6 heteroatoms. The summed E-state index contributed by atoms with van der Waals surface area (Å²) in [7, 11) is 1.84. The molecule has 0 aromatic carbocycles. The average molecular weight is 348 g/mol. The monoisotopic (exact) mass is 348 g/mol. The smallest absolute Gasteiger partial charge is 0.272 e. The molecule has 25 heavy (non-hydrogen) atoms. The summed E-state index contributed by atoms with van der Waals surface area (Å²) < 4.78 is 1.70. The van der Waals surface area contributed by atoms with Crippen LogP contribution in [0.5, 0.6) is 0 Å². The molecule has 2 atom stereocenters. The van der Waals surface area contributed by atoms with Gasteiger partial charge < -0.3 is 14.9 Å². The van der Waals surface area contributed by atoms with E-state index in [-0.39, 0.29) is 18.4 Å². The Morgan fingerprint density at radius 3 is 2.56 bits per heavy atom. The molecule has 0 spiro atoms. The minimum absolute atomic E-state index is 0.0477. The molecule has 1 aromatic rings. The lowest BCUT2D eigenvalue weighted by atomic mass is 9.89. The Hall–Kier alpha value is -1.40. The predicted octanol–water partition coefficient (Wildman–Crippen LogP) is 1.71. The SMILES string of the molecule is CC(C)c1cc(C(=O)N2C[C@H](CO)C[C@H](CN3CCCC3)C2)n(C)n1. The van der Waals surface area contributed by atoms with Gasteiger partial charge in [0.25, 0.3) is 5.91 Å². The first-order valence-corrected chi connectivity index (χ1v) is 9.64. The number of carbonyl (C=O) groups excluding carboxylic acids is 1. The van der Waals surface area contributed by atoms with Crippen LogP contribution in [-0.2, 0) is 7.05 Å². The first-order valence-electron chi connectivity index (χ1n) is 9.64. The second-order valence-corrected chi connectivity index (χ2v) is 8.10. The molecule has 2 fully saturated rings. The lowest BCUT2D eigenvalue weighted by Crippen LogP contribution is -2.48. The maximum absolute atomic E-state index is 13.1. The zero-order valence-corrected chi connectivity index (χ0v) is 15.8. The number of hydrogen-bond acceptors (Lipinski definition) is 4. The van der Waals surface area contributed by atoms with Crippen molar-refractivity contribution in [2.75, 3.05) is 39.3 Å². The highest BCUT2D eigenvalue weighted by molar-refractivity contribution is 5.92. The van der Waals surface area contributed by atoms with E-state index in [9.17, 15) is 9.90 Å². The first kappa shape index (κ1) is 18.4. The molecule has 2 aliphatic rings. The molecule has 0 radical (unpaired) electrons. The van der Waals surface area contributed by atoms with Gasteiger partial charge in [-0.15, -0.1) is 0 Å². The third-order valence-corrected chi connectivity index (χ3v) is 5.59. The summed E-state index contributed by atoms with van der Waals surface area (Å²) in [5.74, 6) is 0.988. The van der Waals surface area contributed by atoms with Crippen LogP contribution in [0.3, 0.4) is 0 Å². The van der Waals surface area contributed by atoms with Crippen LogP contribution in [0.4, 0.5) is 0 Å². The Kier molecular flexibility index (Phi) is 5.79. The van der Waals surface area contributed by atoms with Crippen molar-refractivity contribution in [2.24, 2.45) is 18.9 Å². The van der Waals surface area contributed by atoms with E-state index in [0.29, 0.717) is 24.1 Å². The molecule has 2 saturated heterocycles. The van der Waals surface area contributed by atoms with Gasteiger partial charge in [0.2, 0.25) is 0 Å². The van der Waals surface area contributed by atoms with Crippen LogP contribution in [-0.4, -0.2) is 69.9 Å². The fraction of sp³-hybridized carbons (Fsp3) is 0.789. The number of amides is 1. The highest BCUT2D eigenvalue weighted by atomic mass is 16.3. The Bertz CT molecular complexity index is 592. The number of carbonyl (C=O) groups is 1. The quantitative estimate of drug-likeness (QED) is 0.880. The average Bonchev–Trinajstić information content (AvgIpc) is 3.23. The van der Waals surface area contributed by atoms with E-state index >= 15 is 0 Å². The van der Waals surface area contributed by atoms with Gasteiger partial charge in [0.1, 0.15) is 5.69 Å². The van der Waals surface area contributed by atoms with Gasteiger partial charge in [-0.25, -0.2) is 0 Å². The van der Waals surface area contributed by atoms with Crippen LogP contribution in [0.2, 0.25) is 0 Å². The van der Waals surface area contributed by atoms with Crippen LogP contribution in [0.1, 0.15) is 55.2 Å². The summed E-state index contributed by atoms with van der Waals surface area (Å²) in [6.45, 7) is 9.16. The third kappa shape index (κ3) is 4.23. The fourth-order valence-corrected chi connectivity index (χ4v) is 4.21. The maximum Gasteiger partial charge on any atom is 0.272 e. The van der Waals surface area contributed by atoms with E-state index in [1.54, 1.807) is 4.68 Å². The Balaban J connectivity index is 1.71. The van der Waals surface area contributed by atoms with E-state index in [1.807, 2.05) is 18.0 Å². The summed E-state index contributed by atoms with van der Waals surface area (Å²) in [5.41, 5.74) is 1.61. The standard InChI is InChI=1S/C19H32N4O2/c1-14(2)17-9-18(21(3)20-17)19(25)23-11-15(8-16(12-23)13-24)10-22-6-4-5-7-22/h9,14-16,24H,4-8,10-13H2,1-3H3/t15-,16-/m1/s1. The van der Waals surface area contributed by atoms with E-state index in [1.165, 1.54) is 25.9 Å².